The van der Waals surface area contributed by atoms with Gasteiger partial charge < -0.3 is 14.6 Å². The normalized spacial score (nSPS) is 14.0. The zero-order valence-electron chi connectivity index (χ0n) is 16.7. The zero-order chi connectivity index (χ0) is 21.6. The highest BCUT2D eigenvalue weighted by Crippen LogP contribution is 2.27. The molecule has 1 fully saturated rings. The lowest BCUT2D eigenvalue weighted by atomic mass is 10.1. The number of nitrogens with zero attached hydrogens (tertiary/aromatic N) is 4. The highest BCUT2D eigenvalue weighted by molar-refractivity contribution is 5.85. The van der Waals surface area contributed by atoms with E-state index in [0.29, 0.717) is 42.5 Å². The summed E-state index contributed by atoms with van der Waals surface area (Å²) < 4.78 is 11.4. The molecule has 0 unspecified atom stereocenters. The first-order chi connectivity index (χ1) is 15.1. The van der Waals surface area contributed by atoms with E-state index < -0.39 is 5.97 Å². The Hall–Kier alpha value is -3.83. The second-order valence-electron chi connectivity index (χ2n) is 7.14. The van der Waals surface area contributed by atoms with Gasteiger partial charge in [0, 0.05) is 37.2 Å². The van der Waals surface area contributed by atoms with E-state index in [0.717, 1.165) is 24.0 Å². The molecule has 8 heteroatoms. The summed E-state index contributed by atoms with van der Waals surface area (Å²) in [5.74, 6) is 0.0720. The first-order valence-corrected chi connectivity index (χ1v) is 9.91. The number of carbonyl (C=O) groups is 1. The maximum atomic E-state index is 10.9. The molecule has 3 aromatic rings. The van der Waals surface area contributed by atoms with Gasteiger partial charge in [-0.15, -0.1) is 0 Å². The number of carboxylic acid groups (broad SMARTS) is 1. The first kappa shape index (κ1) is 20.4. The standard InChI is InChI=1S/C23H20N4O4/c24-13-17-12-16(2-4-21(17)31-18-6-9-30-10-7-18)19-5-8-25-22(27-19)11-15-1-3-20(23(28)29)26-14-15/h1-5,8,12,14,18H,6-7,9-11H2,(H,28,29). The van der Waals surface area contributed by atoms with Crippen LogP contribution in [0.15, 0.2) is 48.8 Å². The van der Waals surface area contributed by atoms with E-state index in [-0.39, 0.29) is 11.8 Å². The fourth-order valence-corrected chi connectivity index (χ4v) is 3.34. The van der Waals surface area contributed by atoms with Crippen LogP contribution in [-0.2, 0) is 11.2 Å². The van der Waals surface area contributed by atoms with Gasteiger partial charge in [0.05, 0.1) is 24.5 Å². The SMILES string of the molecule is N#Cc1cc(-c2ccnc(Cc3ccc(C(=O)O)nc3)n2)ccc1OC1CCOCC1. The van der Waals surface area contributed by atoms with E-state index in [9.17, 15) is 10.1 Å². The molecule has 0 aliphatic carbocycles. The number of ether oxygens (including phenoxy) is 2. The van der Waals surface area contributed by atoms with Gasteiger partial charge in [-0.25, -0.2) is 19.7 Å². The number of pyridine rings is 1. The van der Waals surface area contributed by atoms with Crippen molar-refractivity contribution in [3.05, 3.63) is 71.4 Å². The highest BCUT2D eigenvalue weighted by Gasteiger charge is 2.17. The maximum absolute atomic E-state index is 10.9. The van der Waals surface area contributed by atoms with Crippen LogP contribution in [0.4, 0.5) is 0 Å². The van der Waals surface area contributed by atoms with E-state index in [1.165, 1.54) is 12.3 Å². The maximum Gasteiger partial charge on any atom is 0.354 e. The number of benzene rings is 1. The second-order valence-corrected chi connectivity index (χ2v) is 7.14. The lowest BCUT2D eigenvalue weighted by molar-refractivity contribution is 0.0254. The van der Waals surface area contributed by atoms with Crippen molar-refractivity contribution in [3.8, 4) is 23.1 Å². The van der Waals surface area contributed by atoms with Crippen LogP contribution in [0, 0.1) is 11.3 Å². The lowest BCUT2D eigenvalue weighted by Crippen LogP contribution is -2.26. The fraction of sp³-hybridized carbons (Fsp3) is 0.261. The van der Waals surface area contributed by atoms with Crippen molar-refractivity contribution in [1.82, 2.24) is 15.0 Å². The second kappa shape index (κ2) is 9.32. The van der Waals surface area contributed by atoms with Crippen molar-refractivity contribution in [1.29, 1.82) is 5.26 Å². The number of carboxylic acids is 1. The Kier molecular flexibility index (Phi) is 6.15. The van der Waals surface area contributed by atoms with E-state index in [2.05, 4.69) is 21.0 Å². The number of hydrogen-bond acceptors (Lipinski definition) is 7. The van der Waals surface area contributed by atoms with Crippen LogP contribution in [0.25, 0.3) is 11.3 Å². The molecule has 1 saturated heterocycles. The van der Waals surface area contributed by atoms with E-state index >= 15 is 0 Å². The molecule has 2 aromatic heterocycles. The summed E-state index contributed by atoms with van der Waals surface area (Å²) >= 11 is 0. The van der Waals surface area contributed by atoms with E-state index in [1.54, 1.807) is 30.5 Å². The number of nitriles is 1. The summed E-state index contributed by atoms with van der Waals surface area (Å²) in [5.41, 5.74) is 2.73. The van der Waals surface area contributed by atoms with Crippen molar-refractivity contribution in [2.75, 3.05) is 13.2 Å². The fourth-order valence-electron chi connectivity index (χ4n) is 3.34. The third kappa shape index (κ3) is 5.02. The molecule has 1 aliphatic rings. The molecule has 0 atom stereocenters. The van der Waals surface area contributed by atoms with Gasteiger partial charge in [-0.05, 0) is 35.9 Å². The quantitative estimate of drug-likeness (QED) is 0.650. The summed E-state index contributed by atoms with van der Waals surface area (Å²) in [7, 11) is 0. The van der Waals surface area contributed by atoms with Gasteiger partial charge >= 0.3 is 5.97 Å². The average Bonchev–Trinajstić information content (AvgIpc) is 2.80. The van der Waals surface area contributed by atoms with Crippen molar-refractivity contribution in [2.45, 2.75) is 25.4 Å². The summed E-state index contributed by atoms with van der Waals surface area (Å²) in [5, 5.41) is 18.6. The molecule has 1 N–H and O–H groups in total. The molecule has 4 rings (SSSR count). The van der Waals surface area contributed by atoms with Gasteiger partial charge in [-0.3, -0.25) is 0 Å². The van der Waals surface area contributed by atoms with Gasteiger partial charge in [0.2, 0.25) is 0 Å². The molecule has 8 nitrogen and oxygen atoms in total. The molecule has 0 bridgehead atoms. The van der Waals surface area contributed by atoms with E-state index in [1.807, 2.05) is 6.07 Å². The Labute approximate surface area is 179 Å². The van der Waals surface area contributed by atoms with Gasteiger partial charge in [-0.1, -0.05) is 6.07 Å². The predicted molar refractivity (Wildman–Crippen MR) is 111 cm³/mol. The number of aromatic carboxylic acids is 1. The summed E-state index contributed by atoms with van der Waals surface area (Å²) in [6, 6.07) is 12.6. The van der Waals surface area contributed by atoms with Crippen LogP contribution in [0.3, 0.4) is 0 Å². The van der Waals surface area contributed by atoms with Crippen LogP contribution in [0.5, 0.6) is 5.75 Å². The third-order valence-electron chi connectivity index (χ3n) is 4.97. The van der Waals surface area contributed by atoms with Crippen LogP contribution < -0.4 is 4.74 Å². The molecule has 31 heavy (non-hydrogen) atoms. The molecule has 156 valence electrons. The number of aromatic nitrogens is 3. The predicted octanol–water partition coefficient (Wildman–Crippen LogP) is 3.26. The largest absolute Gasteiger partial charge is 0.489 e. The van der Waals surface area contributed by atoms with Crippen molar-refractivity contribution >= 4 is 5.97 Å². The molecular weight excluding hydrogens is 396 g/mol. The average molecular weight is 416 g/mol. The molecule has 1 aromatic carbocycles. The van der Waals surface area contributed by atoms with Gasteiger partial charge in [-0.2, -0.15) is 5.26 Å². The Bertz CT molecular complexity index is 1120. The topological polar surface area (TPSA) is 118 Å². The highest BCUT2D eigenvalue weighted by atomic mass is 16.5. The van der Waals surface area contributed by atoms with Crippen molar-refractivity contribution in [2.24, 2.45) is 0 Å². The summed E-state index contributed by atoms with van der Waals surface area (Å²) in [6.07, 6.45) is 5.26. The lowest BCUT2D eigenvalue weighted by Gasteiger charge is -2.23. The van der Waals surface area contributed by atoms with Gasteiger partial charge in [0.1, 0.15) is 29.4 Å². The van der Waals surface area contributed by atoms with Crippen LogP contribution >= 0.6 is 0 Å². The molecule has 0 spiro atoms. The van der Waals surface area contributed by atoms with Crippen molar-refractivity contribution < 1.29 is 19.4 Å². The minimum atomic E-state index is -1.07. The van der Waals surface area contributed by atoms with E-state index in [4.69, 9.17) is 14.6 Å². The molecule has 1 aliphatic heterocycles. The zero-order valence-corrected chi connectivity index (χ0v) is 16.7. The molecule has 0 saturated carbocycles. The smallest absolute Gasteiger partial charge is 0.354 e. The van der Waals surface area contributed by atoms with Crippen LogP contribution in [0.2, 0.25) is 0 Å². The molecular formula is C23H20N4O4. The van der Waals surface area contributed by atoms with Crippen molar-refractivity contribution in [3.63, 3.8) is 0 Å². The molecule has 0 amide bonds. The summed E-state index contributed by atoms with van der Waals surface area (Å²) in [6.45, 7) is 1.34. The van der Waals surface area contributed by atoms with Gasteiger partial charge in [0.25, 0.3) is 0 Å². The minimum Gasteiger partial charge on any atom is -0.489 e. The Balaban J connectivity index is 1.52. The molecule has 3 heterocycles. The Morgan fingerprint density at radius 2 is 2.03 bits per heavy atom. The van der Waals surface area contributed by atoms with Crippen LogP contribution in [0.1, 0.15) is 40.3 Å². The Morgan fingerprint density at radius 3 is 2.74 bits per heavy atom. The number of rotatable bonds is 6. The monoisotopic (exact) mass is 416 g/mol. The first-order valence-electron chi connectivity index (χ1n) is 9.91. The summed E-state index contributed by atoms with van der Waals surface area (Å²) in [4.78, 5) is 23.8. The molecule has 0 radical (unpaired) electrons. The third-order valence-corrected chi connectivity index (χ3v) is 4.97. The van der Waals surface area contributed by atoms with Crippen LogP contribution in [-0.4, -0.2) is 45.3 Å². The van der Waals surface area contributed by atoms with Gasteiger partial charge in [0.15, 0.2) is 0 Å². The minimum absolute atomic E-state index is 0.00878. The number of hydrogen-bond donors (Lipinski definition) is 1. The Morgan fingerprint density at radius 1 is 1.19 bits per heavy atom.